The fourth-order valence-corrected chi connectivity index (χ4v) is 3.88. The van der Waals surface area contributed by atoms with Crippen LogP contribution in [-0.2, 0) is 11.8 Å². The number of aromatic nitrogens is 1. The summed E-state index contributed by atoms with van der Waals surface area (Å²) < 4.78 is 33.4. The monoisotopic (exact) mass is 583 g/mol. The Morgan fingerprint density at radius 3 is 2.43 bits per heavy atom. The predicted octanol–water partition coefficient (Wildman–Crippen LogP) is 5.95. The second-order valence-corrected chi connectivity index (χ2v) is 8.79. The van der Waals surface area contributed by atoms with Crippen molar-refractivity contribution in [3.05, 3.63) is 66.9 Å². The second kappa shape index (κ2) is 18.2. The lowest BCUT2D eigenvalue weighted by Crippen LogP contribution is -2.29. The number of carbonyl (C=O) groups excluding carboxylic acids is 1. The van der Waals surface area contributed by atoms with Crippen molar-refractivity contribution in [1.29, 1.82) is 0 Å². The first kappa shape index (κ1) is 35.7. The van der Waals surface area contributed by atoms with Gasteiger partial charge in [0.25, 0.3) is 0 Å². The Kier molecular flexibility index (Phi) is 15.4. The molecule has 0 saturated heterocycles. The summed E-state index contributed by atoms with van der Waals surface area (Å²) in [5.74, 6) is -0.579. The lowest BCUT2D eigenvalue weighted by atomic mass is 10.1. The minimum absolute atomic E-state index is 0.104. The molecule has 0 fully saturated rings. The lowest BCUT2D eigenvalue weighted by molar-refractivity contribution is -0.111. The second-order valence-electron chi connectivity index (χ2n) is 8.79. The summed E-state index contributed by atoms with van der Waals surface area (Å²) in [6.45, 7) is 9.38. The van der Waals surface area contributed by atoms with Gasteiger partial charge in [-0.1, -0.05) is 38.6 Å². The van der Waals surface area contributed by atoms with Crippen LogP contribution in [0, 0.1) is 0 Å². The maximum Gasteiger partial charge on any atom is 0.387 e. The van der Waals surface area contributed by atoms with E-state index < -0.39 is 12.5 Å². The molecule has 9 nitrogen and oxygen atoms in total. The highest BCUT2D eigenvalue weighted by Crippen LogP contribution is 2.39. The van der Waals surface area contributed by atoms with Gasteiger partial charge in [0.15, 0.2) is 5.75 Å². The molecule has 3 aromatic rings. The number of hydrogen-bond donors (Lipinski definition) is 2. The molecule has 0 atom stereocenters. The van der Waals surface area contributed by atoms with Gasteiger partial charge in [-0.05, 0) is 52.1 Å². The molecule has 1 aromatic heterocycles. The van der Waals surface area contributed by atoms with Gasteiger partial charge in [0, 0.05) is 62.1 Å². The number of benzene rings is 2. The summed E-state index contributed by atoms with van der Waals surface area (Å²) in [6, 6.07) is 10.8. The summed E-state index contributed by atoms with van der Waals surface area (Å²) in [4.78, 5) is 24.5. The van der Waals surface area contributed by atoms with Gasteiger partial charge in [0.05, 0.1) is 17.1 Å². The molecule has 0 aliphatic rings. The SMILES string of the molecule is C=CC(=O)Nc1cc(N=C/C=C(\N=C)c2cn(C)c3ccccc23)c(OC(F)F)cc1N(C)CCN(C)C.CC.CN. The van der Waals surface area contributed by atoms with Crippen molar-refractivity contribution in [2.24, 2.45) is 22.8 Å². The van der Waals surface area contributed by atoms with E-state index in [1.54, 1.807) is 13.1 Å². The largest absolute Gasteiger partial charge is 0.432 e. The number of carbonyl (C=O) groups is 1. The van der Waals surface area contributed by atoms with Crippen LogP contribution in [0.5, 0.6) is 5.75 Å². The molecule has 0 radical (unpaired) electrons. The lowest BCUT2D eigenvalue weighted by Gasteiger charge is -2.25. The number of allylic oxidation sites excluding steroid dienone is 1. The van der Waals surface area contributed by atoms with Crippen molar-refractivity contribution < 1.29 is 18.3 Å². The fourth-order valence-electron chi connectivity index (χ4n) is 3.88. The average molecular weight is 584 g/mol. The number of nitrogens with zero attached hydrogens (tertiary/aromatic N) is 5. The van der Waals surface area contributed by atoms with Gasteiger partial charge in [-0.25, -0.2) is 0 Å². The smallest absolute Gasteiger partial charge is 0.387 e. The minimum atomic E-state index is -3.06. The molecule has 11 heteroatoms. The van der Waals surface area contributed by atoms with Crippen molar-refractivity contribution >= 4 is 52.5 Å². The van der Waals surface area contributed by atoms with Crippen LogP contribution in [0.1, 0.15) is 19.4 Å². The van der Waals surface area contributed by atoms with Crippen molar-refractivity contribution in [1.82, 2.24) is 9.47 Å². The summed E-state index contributed by atoms with van der Waals surface area (Å²) in [5.41, 5.74) is 7.92. The van der Waals surface area contributed by atoms with E-state index in [1.807, 2.05) is 79.8 Å². The summed E-state index contributed by atoms with van der Waals surface area (Å²) >= 11 is 0. The van der Waals surface area contributed by atoms with Gasteiger partial charge in [-0.3, -0.25) is 14.8 Å². The first-order valence-electron chi connectivity index (χ1n) is 13.4. The molecular weight excluding hydrogens is 540 g/mol. The van der Waals surface area contributed by atoms with Gasteiger partial charge in [0.2, 0.25) is 5.91 Å². The maximum atomic E-state index is 13.3. The predicted molar refractivity (Wildman–Crippen MR) is 174 cm³/mol. The number of fused-ring (bicyclic) bond motifs is 1. The molecule has 228 valence electrons. The van der Waals surface area contributed by atoms with Crippen LogP contribution in [0.2, 0.25) is 0 Å². The molecule has 0 aliphatic heterocycles. The Balaban J connectivity index is 0.00000211. The van der Waals surface area contributed by atoms with Gasteiger partial charge in [0.1, 0.15) is 5.69 Å². The number of alkyl halides is 2. The number of nitrogens with one attached hydrogen (secondary N) is 1. The van der Waals surface area contributed by atoms with Gasteiger partial charge >= 0.3 is 6.61 Å². The number of nitrogens with two attached hydrogens (primary N) is 1. The zero-order chi connectivity index (χ0) is 31.8. The number of hydrogen-bond acceptors (Lipinski definition) is 7. The van der Waals surface area contributed by atoms with E-state index in [1.165, 1.54) is 25.4 Å². The standard InChI is InChI=1S/C28H32F2N6O2.C2H6.CH5N/c1-7-27(37)33-22-16-23(26(38-28(29)30)17-25(22)35(5)15-14-34(3)4)32-13-12-21(31-2)20-18-36(6)24-11-9-8-10-19(20)24;2*1-2/h7-13,16-18,28H,1-2,14-15H2,3-6H3,(H,33,37);1-2H3;2H2,1H3/b21-12-,32-13?;;. The number of para-hydroxylation sites is 1. The molecule has 1 heterocycles. The molecular formula is C31H43F2N7O2. The minimum Gasteiger partial charge on any atom is -0.432 e. The van der Waals surface area contributed by atoms with Crippen LogP contribution in [-0.4, -0.2) is 76.2 Å². The van der Waals surface area contributed by atoms with Gasteiger partial charge < -0.3 is 30.2 Å². The van der Waals surface area contributed by atoms with Crippen LogP contribution in [0.3, 0.4) is 0 Å². The zero-order valence-corrected chi connectivity index (χ0v) is 25.6. The van der Waals surface area contributed by atoms with Crippen LogP contribution >= 0.6 is 0 Å². The summed E-state index contributed by atoms with van der Waals surface area (Å²) in [7, 11) is 9.09. The van der Waals surface area contributed by atoms with E-state index in [0.717, 1.165) is 22.5 Å². The van der Waals surface area contributed by atoms with Crippen LogP contribution in [0.4, 0.5) is 25.8 Å². The molecule has 2 aromatic carbocycles. The number of aryl methyl sites for hydroxylation is 1. The first-order chi connectivity index (χ1) is 20.1. The van der Waals surface area contributed by atoms with Gasteiger partial charge in [-0.2, -0.15) is 8.78 Å². The van der Waals surface area contributed by atoms with Crippen molar-refractivity contribution in [2.75, 3.05) is 51.5 Å². The molecule has 0 aliphatic carbocycles. The number of aliphatic imine (C=N–C) groups is 2. The molecule has 42 heavy (non-hydrogen) atoms. The number of anilines is 2. The highest BCUT2D eigenvalue weighted by atomic mass is 19.3. The number of rotatable bonds is 12. The van der Waals surface area contributed by atoms with E-state index in [4.69, 9.17) is 4.74 Å². The van der Waals surface area contributed by atoms with E-state index in [0.29, 0.717) is 30.2 Å². The topological polar surface area (TPSA) is 100 Å². The third-order valence-corrected chi connectivity index (χ3v) is 5.82. The highest BCUT2D eigenvalue weighted by molar-refractivity contribution is 6.02. The Morgan fingerprint density at radius 2 is 1.83 bits per heavy atom. The number of amides is 1. The molecule has 3 rings (SSSR count). The highest BCUT2D eigenvalue weighted by Gasteiger charge is 2.18. The normalized spacial score (nSPS) is 11.1. The van der Waals surface area contributed by atoms with E-state index in [9.17, 15) is 13.6 Å². The molecule has 3 N–H and O–H groups in total. The zero-order valence-electron chi connectivity index (χ0n) is 25.6. The Bertz CT molecular complexity index is 1380. The summed E-state index contributed by atoms with van der Waals surface area (Å²) in [6.07, 6.45) is 6.14. The average Bonchev–Trinajstić information content (AvgIpc) is 3.32. The Morgan fingerprint density at radius 1 is 1.17 bits per heavy atom. The fraction of sp³-hybridized carbons (Fsp3) is 0.323. The van der Waals surface area contributed by atoms with Crippen LogP contribution in [0.25, 0.3) is 16.6 Å². The Labute approximate surface area is 247 Å². The summed E-state index contributed by atoms with van der Waals surface area (Å²) in [5, 5.41) is 3.72. The molecule has 0 saturated carbocycles. The molecule has 0 unspecified atom stereocenters. The van der Waals surface area contributed by atoms with E-state index in [2.05, 4.69) is 34.3 Å². The van der Waals surface area contributed by atoms with Crippen LogP contribution < -0.4 is 20.7 Å². The van der Waals surface area contributed by atoms with Crippen LogP contribution in [0.15, 0.2) is 71.3 Å². The maximum absolute atomic E-state index is 13.3. The number of halogens is 2. The molecule has 0 bridgehead atoms. The molecule has 1 amide bonds. The van der Waals surface area contributed by atoms with E-state index in [-0.39, 0.29) is 11.4 Å². The third-order valence-electron chi connectivity index (χ3n) is 5.82. The van der Waals surface area contributed by atoms with Gasteiger partial charge in [-0.15, -0.1) is 0 Å². The quantitative estimate of drug-likeness (QED) is 0.203. The number of ether oxygens (including phenoxy) is 1. The van der Waals surface area contributed by atoms with Crippen molar-refractivity contribution in [2.45, 2.75) is 20.5 Å². The Hall–Kier alpha value is -4.35. The first-order valence-corrected chi connectivity index (χ1v) is 13.4. The number of likely N-dealkylation sites (N-methyl/N-ethyl adjacent to an activating group) is 2. The van der Waals surface area contributed by atoms with E-state index >= 15 is 0 Å². The van der Waals surface area contributed by atoms with Crippen molar-refractivity contribution in [3.63, 3.8) is 0 Å². The third kappa shape index (κ3) is 9.93. The van der Waals surface area contributed by atoms with Crippen molar-refractivity contribution in [3.8, 4) is 5.75 Å². The molecule has 0 spiro atoms.